The highest BCUT2D eigenvalue weighted by Crippen LogP contribution is 2.08. The zero-order chi connectivity index (χ0) is 28.4. The normalized spacial score (nSPS) is 11.9. The highest BCUT2D eigenvalue weighted by Gasteiger charge is 1.94. The van der Waals surface area contributed by atoms with Gasteiger partial charge in [0.15, 0.2) is 0 Å². The third-order valence-electron chi connectivity index (χ3n) is 6.16. The van der Waals surface area contributed by atoms with Crippen LogP contribution in [0.1, 0.15) is 156 Å². The molecule has 2 heteroatoms. The molecule has 2 nitrogen and oxygen atoms in total. The van der Waals surface area contributed by atoms with Crippen molar-refractivity contribution >= 4 is 11.6 Å². The van der Waals surface area contributed by atoms with Crippen LogP contribution >= 0.6 is 0 Å². The van der Waals surface area contributed by atoms with Crippen LogP contribution in [0.15, 0.2) is 60.8 Å². The zero-order valence-electron chi connectivity index (χ0n) is 25.7. The van der Waals surface area contributed by atoms with Gasteiger partial charge in [0.05, 0.1) is 0 Å². The fraction of sp³-hybridized carbons (Fsp3) is 0.667. The summed E-state index contributed by atoms with van der Waals surface area (Å²) in [6.07, 6.45) is 45.5. The largest absolute Gasteiger partial charge is 0.300 e. The Labute approximate surface area is 237 Å². The van der Waals surface area contributed by atoms with E-state index in [9.17, 15) is 9.59 Å². The number of hydrogen-bond acceptors (Lipinski definition) is 2. The molecule has 0 aliphatic rings. The molecule has 38 heavy (non-hydrogen) atoms. The number of hydrogen-bond donors (Lipinski definition) is 0. The average Bonchev–Trinajstić information content (AvgIpc) is 2.89. The molecule has 0 spiro atoms. The van der Waals surface area contributed by atoms with E-state index in [-0.39, 0.29) is 0 Å². The molecule has 0 rings (SSSR count). The van der Waals surface area contributed by atoms with Crippen LogP contribution in [0.3, 0.4) is 0 Å². The third-order valence-corrected chi connectivity index (χ3v) is 6.16. The summed E-state index contributed by atoms with van der Waals surface area (Å²) in [5.41, 5.74) is 0. The van der Waals surface area contributed by atoms with Gasteiger partial charge >= 0.3 is 0 Å². The van der Waals surface area contributed by atoms with E-state index in [4.69, 9.17) is 0 Å². The molecule has 0 saturated heterocycles. The Morgan fingerprint density at radius 3 is 1.18 bits per heavy atom. The average molecular weight is 527 g/mol. The Morgan fingerprint density at radius 1 is 0.421 bits per heavy atom. The van der Waals surface area contributed by atoms with Crippen molar-refractivity contribution in [2.24, 2.45) is 0 Å². The molecule has 0 aliphatic carbocycles. The molecule has 0 aromatic carbocycles. The first-order valence-corrected chi connectivity index (χ1v) is 15.8. The van der Waals surface area contributed by atoms with Gasteiger partial charge in [-0.15, -0.1) is 0 Å². The Bertz CT molecular complexity index is 648. The highest BCUT2D eigenvalue weighted by molar-refractivity contribution is 5.75. The van der Waals surface area contributed by atoms with Crippen LogP contribution in [0.2, 0.25) is 0 Å². The van der Waals surface area contributed by atoms with E-state index in [1.807, 2.05) is 0 Å². The second-order valence-corrected chi connectivity index (χ2v) is 10.3. The Balaban J connectivity index is 0. The van der Waals surface area contributed by atoms with Crippen molar-refractivity contribution in [3.63, 3.8) is 0 Å². The smallest absolute Gasteiger partial charge is 0.129 e. The van der Waals surface area contributed by atoms with Crippen molar-refractivity contribution in [3.8, 4) is 0 Å². The number of allylic oxidation sites excluding steroid dienone is 10. The molecule has 0 N–H and O–H groups in total. The van der Waals surface area contributed by atoms with E-state index >= 15 is 0 Å². The fourth-order valence-electron chi connectivity index (χ4n) is 3.82. The van der Waals surface area contributed by atoms with Gasteiger partial charge in [-0.1, -0.05) is 113 Å². The second kappa shape index (κ2) is 35.0. The van der Waals surface area contributed by atoms with Gasteiger partial charge in [0.25, 0.3) is 0 Å². The minimum atomic E-state index is 0.313. The van der Waals surface area contributed by atoms with Crippen LogP contribution in [-0.2, 0) is 9.59 Å². The summed E-state index contributed by atoms with van der Waals surface area (Å²) >= 11 is 0. The van der Waals surface area contributed by atoms with Crippen molar-refractivity contribution in [3.05, 3.63) is 60.8 Å². The van der Waals surface area contributed by atoms with Crippen molar-refractivity contribution in [2.45, 2.75) is 156 Å². The van der Waals surface area contributed by atoms with E-state index in [2.05, 4.69) is 74.6 Å². The molecule has 0 aromatic rings. The maximum absolute atomic E-state index is 10.8. The molecular formula is C36H62O2. The van der Waals surface area contributed by atoms with Crippen LogP contribution in [0.4, 0.5) is 0 Å². The molecule has 0 aromatic heterocycles. The SMILES string of the molecule is CC/C=C\C/C=C\C/C=C\CCCCCC(C)=O.CCCCC/C=C\C/C=C\CCCCCCCC(C)=O. The summed E-state index contributed by atoms with van der Waals surface area (Å²) < 4.78 is 0. The third kappa shape index (κ3) is 41.2. The van der Waals surface area contributed by atoms with Gasteiger partial charge in [-0.3, -0.25) is 0 Å². The first-order valence-electron chi connectivity index (χ1n) is 15.8. The lowest BCUT2D eigenvalue weighted by Gasteiger charge is -1.98. The topological polar surface area (TPSA) is 34.1 Å². The summed E-state index contributed by atoms with van der Waals surface area (Å²) in [5, 5.41) is 0. The minimum absolute atomic E-state index is 0.313. The van der Waals surface area contributed by atoms with Crippen LogP contribution in [0.5, 0.6) is 0 Å². The lowest BCUT2D eigenvalue weighted by molar-refractivity contribution is -0.117. The van der Waals surface area contributed by atoms with E-state index in [0.717, 1.165) is 57.8 Å². The lowest BCUT2D eigenvalue weighted by atomic mass is 10.1. The van der Waals surface area contributed by atoms with Crippen LogP contribution in [0.25, 0.3) is 0 Å². The maximum Gasteiger partial charge on any atom is 0.129 e. The molecule has 0 bridgehead atoms. The number of Topliss-reactive ketones (excluding diaryl/α,β-unsaturated/α-hetero) is 2. The Kier molecular flexibility index (Phi) is 35.2. The predicted molar refractivity (Wildman–Crippen MR) is 171 cm³/mol. The van der Waals surface area contributed by atoms with E-state index in [0.29, 0.717) is 11.6 Å². The molecule has 0 fully saturated rings. The molecule has 218 valence electrons. The highest BCUT2D eigenvalue weighted by atomic mass is 16.1. The number of rotatable bonds is 25. The Morgan fingerprint density at radius 2 is 0.763 bits per heavy atom. The van der Waals surface area contributed by atoms with Crippen molar-refractivity contribution in [2.75, 3.05) is 0 Å². The summed E-state index contributed by atoms with van der Waals surface area (Å²) in [5.74, 6) is 0.642. The van der Waals surface area contributed by atoms with Gasteiger partial charge < -0.3 is 9.59 Å². The fourth-order valence-corrected chi connectivity index (χ4v) is 3.82. The maximum atomic E-state index is 10.8. The zero-order valence-corrected chi connectivity index (χ0v) is 25.7. The molecule has 0 amide bonds. The van der Waals surface area contributed by atoms with Gasteiger partial charge in [0, 0.05) is 12.8 Å². The van der Waals surface area contributed by atoms with Gasteiger partial charge in [0.1, 0.15) is 11.6 Å². The summed E-state index contributed by atoms with van der Waals surface area (Å²) in [6.45, 7) is 7.75. The van der Waals surface area contributed by atoms with Gasteiger partial charge in [-0.25, -0.2) is 0 Å². The van der Waals surface area contributed by atoms with Crippen LogP contribution in [0, 0.1) is 0 Å². The predicted octanol–water partition coefficient (Wildman–Crippen LogP) is 11.8. The molecule has 0 unspecified atom stereocenters. The second-order valence-electron chi connectivity index (χ2n) is 10.3. The number of unbranched alkanes of at least 4 members (excludes halogenated alkanes) is 11. The first-order chi connectivity index (χ1) is 18.5. The Hall–Kier alpha value is -1.96. The molecule has 0 atom stereocenters. The minimum Gasteiger partial charge on any atom is -0.300 e. The number of carbonyl (C=O) groups excluding carboxylic acids is 2. The van der Waals surface area contributed by atoms with Crippen LogP contribution < -0.4 is 0 Å². The van der Waals surface area contributed by atoms with Crippen LogP contribution in [-0.4, -0.2) is 11.6 Å². The summed E-state index contributed by atoms with van der Waals surface area (Å²) in [4.78, 5) is 21.5. The van der Waals surface area contributed by atoms with Crippen molar-refractivity contribution < 1.29 is 9.59 Å². The van der Waals surface area contributed by atoms with Gasteiger partial charge in [0.2, 0.25) is 0 Å². The summed E-state index contributed by atoms with van der Waals surface area (Å²) in [7, 11) is 0. The monoisotopic (exact) mass is 526 g/mol. The molecule has 0 saturated carbocycles. The van der Waals surface area contributed by atoms with Crippen molar-refractivity contribution in [1.29, 1.82) is 0 Å². The molecule has 0 aliphatic heterocycles. The van der Waals surface area contributed by atoms with E-state index in [1.54, 1.807) is 13.8 Å². The van der Waals surface area contributed by atoms with Gasteiger partial charge in [-0.05, 0) is 90.9 Å². The summed E-state index contributed by atoms with van der Waals surface area (Å²) in [6, 6.07) is 0. The van der Waals surface area contributed by atoms with Gasteiger partial charge in [-0.2, -0.15) is 0 Å². The molecule has 0 radical (unpaired) electrons. The quantitative estimate of drug-likeness (QED) is 0.0875. The van der Waals surface area contributed by atoms with E-state index in [1.165, 1.54) is 70.6 Å². The molecule has 0 heterocycles. The first kappa shape index (κ1) is 38.2. The molecular weight excluding hydrogens is 464 g/mol. The van der Waals surface area contributed by atoms with Crippen molar-refractivity contribution in [1.82, 2.24) is 0 Å². The number of ketones is 2. The van der Waals surface area contributed by atoms with E-state index < -0.39 is 0 Å². The number of carbonyl (C=O) groups is 2. The standard InChI is InChI=1S/C19H34O.C17H28O/c1-3-4-5-6-7-8-9-10-11-12-13-14-15-16-17-18-19(2)20;1-3-4-5-6-7-8-9-10-11-12-13-14-15-16-17(2)18/h7-8,10-11H,3-6,9,12-18H2,1-2H3;4-5,7-8,10-11H,3,6,9,12-16H2,1-2H3/b8-7-,11-10-;5-4-,8-7-,11-10-. The lowest BCUT2D eigenvalue weighted by Crippen LogP contribution is -1.89.